The van der Waals surface area contributed by atoms with E-state index < -0.39 is 24.1 Å². The van der Waals surface area contributed by atoms with Gasteiger partial charge in [0.1, 0.15) is 24.9 Å². The molecule has 1 saturated heterocycles. The Morgan fingerprint density at radius 2 is 2.08 bits per heavy atom. The van der Waals surface area contributed by atoms with Gasteiger partial charge in [-0.15, -0.1) is 0 Å². The maximum atomic E-state index is 9.56. The lowest BCUT2D eigenvalue weighted by molar-refractivity contribution is -0.333. The molecule has 0 aromatic heterocycles. The molecule has 4 N–H and O–H groups in total. The van der Waals surface area contributed by atoms with Crippen LogP contribution < -0.4 is 0 Å². The highest BCUT2D eigenvalue weighted by Crippen LogP contribution is 2.23. The highest BCUT2D eigenvalue weighted by molar-refractivity contribution is 4.91. The summed E-state index contributed by atoms with van der Waals surface area (Å²) in [5.41, 5.74) is 0. The predicted octanol–water partition coefficient (Wildman–Crippen LogP) is -2.57. The van der Waals surface area contributed by atoms with Crippen molar-refractivity contribution in [1.29, 1.82) is 0 Å². The van der Waals surface area contributed by atoms with Crippen LogP contribution in [-0.4, -0.2) is 64.8 Å². The molecule has 4 atom stereocenters. The summed E-state index contributed by atoms with van der Waals surface area (Å²) in [6.07, 6.45) is -4.18. The molecule has 1 rings (SSSR count). The van der Waals surface area contributed by atoms with Crippen LogP contribution in [0.4, 0.5) is 0 Å². The molecule has 0 saturated carbocycles. The molecule has 0 spiro atoms. The topological polar surface area (TPSA) is 99.4 Å². The minimum atomic E-state index is -1.94. The van der Waals surface area contributed by atoms with Crippen molar-refractivity contribution in [2.24, 2.45) is 0 Å². The first kappa shape index (κ1) is 10.8. The third-order valence-electron chi connectivity index (χ3n) is 2.04. The third kappa shape index (κ3) is 1.98. The van der Waals surface area contributed by atoms with Crippen molar-refractivity contribution < 1.29 is 29.9 Å². The Morgan fingerprint density at radius 1 is 1.46 bits per heavy atom. The van der Waals surface area contributed by atoms with E-state index in [9.17, 15) is 15.3 Å². The van der Waals surface area contributed by atoms with E-state index >= 15 is 0 Å². The zero-order chi connectivity index (χ0) is 10.1. The maximum absolute atomic E-state index is 9.56. The molecule has 0 aliphatic carbocycles. The molecule has 6 heteroatoms. The molecule has 0 amide bonds. The summed E-state index contributed by atoms with van der Waals surface area (Å²) in [6.45, 7) is -0.504. The van der Waals surface area contributed by atoms with Gasteiger partial charge >= 0.3 is 0 Å². The molecule has 78 valence electrons. The van der Waals surface area contributed by atoms with Crippen LogP contribution >= 0.6 is 0 Å². The molecule has 0 bridgehead atoms. The van der Waals surface area contributed by atoms with Crippen molar-refractivity contribution in [1.82, 2.24) is 0 Å². The van der Waals surface area contributed by atoms with Crippen molar-refractivity contribution in [3.8, 4) is 0 Å². The van der Waals surface area contributed by atoms with E-state index in [2.05, 4.69) is 4.74 Å². The Morgan fingerprint density at radius 3 is 2.62 bits per heavy atom. The van der Waals surface area contributed by atoms with Crippen LogP contribution in [0, 0.1) is 0 Å². The average molecular weight is 194 g/mol. The van der Waals surface area contributed by atoms with Crippen LogP contribution in [0.2, 0.25) is 0 Å². The fourth-order valence-corrected chi connectivity index (χ4v) is 1.22. The summed E-state index contributed by atoms with van der Waals surface area (Å²) in [7, 11) is 1.32. The number of methoxy groups -OCH3 is 1. The second kappa shape index (κ2) is 3.87. The fraction of sp³-hybridized carbons (Fsp3) is 1.00. The van der Waals surface area contributed by atoms with Gasteiger partial charge < -0.3 is 29.9 Å². The summed E-state index contributed by atoms with van der Waals surface area (Å²) in [5.74, 6) is -1.94. The van der Waals surface area contributed by atoms with Crippen molar-refractivity contribution in [3.63, 3.8) is 0 Å². The molecule has 0 aromatic rings. The first-order chi connectivity index (χ1) is 6.01. The van der Waals surface area contributed by atoms with Crippen molar-refractivity contribution in [3.05, 3.63) is 0 Å². The van der Waals surface area contributed by atoms with Crippen LogP contribution in [0.5, 0.6) is 0 Å². The van der Waals surface area contributed by atoms with Crippen LogP contribution in [0.3, 0.4) is 0 Å². The van der Waals surface area contributed by atoms with Gasteiger partial charge in [-0.25, -0.2) is 0 Å². The van der Waals surface area contributed by atoms with E-state index in [1.165, 1.54) is 7.11 Å². The van der Waals surface area contributed by atoms with E-state index in [0.717, 1.165) is 0 Å². The van der Waals surface area contributed by atoms with E-state index in [4.69, 9.17) is 9.84 Å². The number of hydrogen-bond donors (Lipinski definition) is 4. The SMILES string of the molecule is COC[C@@]1(O)OC[C@@H](O)[C@@H](O)[C@@H]1O. The van der Waals surface area contributed by atoms with Gasteiger partial charge in [0, 0.05) is 7.11 Å². The monoisotopic (exact) mass is 194 g/mol. The zero-order valence-corrected chi connectivity index (χ0v) is 7.25. The summed E-state index contributed by atoms with van der Waals surface area (Å²) in [5, 5.41) is 37.2. The highest BCUT2D eigenvalue weighted by Gasteiger charge is 2.48. The first-order valence-electron chi connectivity index (χ1n) is 3.91. The fourth-order valence-electron chi connectivity index (χ4n) is 1.22. The number of hydrogen-bond acceptors (Lipinski definition) is 6. The molecule has 0 radical (unpaired) electrons. The minimum absolute atomic E-state index is 0.238. The Balaban J connectivity index is 2.67. The Bertz CT molecular complexity index is 174. The van der Waals surface area contributed by atoms with Gasteiger partial charge in [-0.2, -0.15) is 0 Å². The van der Waals surface area contributed by atoms with Gasteiger partial charge in [0.05, 0.1) is 6.61 Å². The minimum Gasteiger partial charge on any atom is -0.388 e. The highest BCUT2D eigenvalue weighted by atomic mass is 16.7. The summed E-state index contributed by atoms with van der Waals surface area (Å²) < 4.78 is 9.38. The number of rotatable bonds is 2. The van der Waals surface area contributed by atoms with Gasteiger partial charge in [-0.3, -0.25) is 0 Å². The molecule has 0 unspecified atom stereocenters. The second-order valence-electron chi connectivity index (χ2n) is 3.09. The van der Waals surface area contributed by atoms with Crippen molar-refractivity contribution in [2.75, 3.05) is 20.3 Å². The smallest absolute Gasteiger partial charge is 0.219 e. The molecular weight excluding hydrogens is 180 g/mol. The molecule has 1 aliphatic heterocycles. The number of aliphatic hydroxyl groups is 4. The number of ether oxygens (including phenoxy) is 2. The summed E-state index contributed by atoms with van der Waals surface area (Å²) >= 11 is 0. The van der Waals surface area contributed by atoms with Gasteiger partial charge in [0.25, 0.3) is 0 Å². The van der Waals surface area contributed by atoms with Crippen LogP contribution in [0.15, 0.2) is 0 Å². The molecule has 0 aromatic carbocycles. The van der Waals surface area contributed by atoms with Gasteiger partial charge in [0.15, 0.2) is 0 Å². The quantitative estimate of drug-likeness (QED) is 0.386. The summed E-state index contributed by atoms with van der Waals surface area (Å²) in [4.78, 5) is 0. The predicted molar refractivity (Wildman–Crippen MR) is 40.8 cm³/mol. The second-order valence-corrected chi connectivity index (χ2v) is 3.09. The normalized spacial score (nSPS) is 46.4. The van der Waals surface area contributed by atoms with Crippen LogP contribution in [-0.2, 0) is 9.47 Å². The molecule has 1 heterocycles. The van der Waals surface area contributed by atoms with Gasteiger partial charge in [0.2, 0.25) is 5.79 Å². The van der Waals surface area contributed by atoms with E-state index in [1.807, 2.05) is 0 Å². The first-order valence-corrected chi connectivity index (χ1v) is 3.91. The van der Waals surface area contributed by atoms with E-state index in [1.54, 1.807) is 0 Å². The lowest BCUT2D eigenvalue weighted by atomic mass is 9.97. The van der Waals surface area contributed by atoms with Crippen LogP contribution in [0.25, 0.3) is 0 Å². The standard InChI is InChI=1S/C7H14O6/c1-12-3-7(11)6(10)5(9)4(8)2-13-7/h4-6,8-11H,2-3H2,1H3/t4-,5-,6+,7-/m1/s1. The molecule has 13 heavy (non-hydrogen) atoms. The van der Waals surface area contributed by atoms with E-state index in [0.29, 0.717) is 0 Å². The Hall–Kier alpha value is -0.240. The Kier molecular flexibility index (Phi) is 3.23. The third-order valence-corrected chi connectivity index (χ3v) is 2.04. The lowest BCUT2D eigenvalue weighted by Gasteiger charge is -2.40. The number of aliphatic hydroxyl groups excluding tert-OH is 3. The van der Waals surface area contributed by atoms with Gasteiger partial charge in [-0.05, 0) is 0 Å². The summed E-state index contributed by atoms with van der Waals surface area (Å²) in [6, 6.07) is 0. The Labute approximate surface area is 75.3 Å². The molecular formula is C7H14O6. The average Bonchev–Trinajstić information content (AvgIpc) is 2.10. The van der Waals surface area contributed by atoms with E-state index in [-0.39, 0.29) is 13.2 Å². The maximum Gasteiger partial charge on any atom is 0.219 e. The molecule has 1 fully saturated rings. The van der Waals surface area contributed by atoms with Gasteiger partial charge in [-0.1, -0.05) is 0 Å². The zero-order valence-electron chi connectivity index (χ0n) is 7.25. The van der Waals surface area contributed by atoms with Crippen molar-refractivity contribution in [2.45, 2.75) is 24.1 Å². The lowest BCUT2D eigenvalue weighted by Crippen LogP contribution is -2.62. The molecule has 6 nitrogen and oxygen atoms in total. The van der Waals surface area contributed by atoms with Crippen LogP contribution in [0.1, 0.15) is 0 Å². The largest absolute Gasteiger partial charge is 0.388 e. The molecule has 1 aliphatic rings. The van der Waals surface area contributed by atoms with Crippen molar-refractivity contribution >= 4 is 0 Å².